The lowest BCUT2D eigenvalue weighted by molar-refractivity contribution is -0.106. The monoisotopic (exact) mass is 198 g/mol. The minimum Gasteiger partial charge on any atom is -0.353 e. The molecule has 2 fully saturated rings. The summed E-state index contributed by atoms with van der Waals surface area (Å²) in [6.07, 6.45) is 8.39. The van der Waals surface area contributed by atoms with Gasteiger partial charge in [0, 0.05) is 13.0 Å². The third-order valence-electron chi connectivity index (χ3n) is 3.66. The van der Waals surface area contributed by atoms with E-state index < -0.39 is 0 Å². The third kappa shape index (κ3) is 2.48. The molecule has 1 aliphatic heterocycles. The Kier molecular flexibility index (Phi) is 3.82. The van der Waals surface area contributed by atoms with E-state index in [1.807, 2.05) is 6.92 Å². The topological polar surface area (TPSA) is 18.5 Å². The SMILES string of the molecule is CCO[C@H]1C[C@@H](C2CCCCC2)CO1. The quantitative estimate of drug-likeness (QED) is 0.694. The highest BCUT2D eigenvalue weighted by molar-refractivity contribution is 4.78. The molecule has 0 aromatic rings. The lowest BCUT2D eigenvalue weighted by Crippen LogP contribution is -2.18. The van der Waals surface area contributed by atoms with Crippen LogP contribution in [0.2, 0.25) is 0 Å². The number of rotatable bonds is 3. The van der Waals surface area contributed by atoms with E-state index in [1.54, 1.807) is 0 Å². The third-order valence-corrected chi connectivity index (χ3v) is 3.66. The second kappa shape index (κ2) is 5.13. The van der Waals surface area contributed by atoms with Crippen molar-refractivity contribution in [2.75, 3.05) is 13.2 Å². The minimum atomic E-state index is 0.104. The number of hydrogen-bond donors (Lipinski definition) is 0. The van der Waals surface area contributed by atoms with Crippen LogP contribution < -0.4 is 0 Å². The first-order valence-corrected chi connectivity index (χ1v) is 6.13. The van der Waals surface area contributed by atoms with Crippen LogP contribution in [-0.2, 0) is 9.47 Å². The highest BCUT2D eigenvalue weighted by Gasteiger charge is 2.32. The van der Waals surface area contributed by atoms with Gasteiger partial charge in [0.15, 0.2) is 6.29 Å². The molecule has 14 heavy (non-hydrogen) atoms. The Morgan fingerprint density at radius 1 is 1.14 bits per heavy atom. The van der Waals surface area contributed by atoms with Gasteiger partial charge in [-0.25, -0.2) is 0 Å². The van der Waals surface area contributed by atoms with Crippen molar-refractivity contribution in [1.82, 2.24) is 0 Å². The Balaban J connectivity index is 1.76. The molecule has 0 aromatic carbocycles. The van der Waals surface area contributed by atoms with Gasteiger partial charge < -0.3 is 9.47 Å². The molecule has 0 amide bonds. The Hall–Kier alpha value is -0.0800. The highest BCUT2D eigenvalue weighted by atomic mass is 16.7. The van der Waals surface area contributed by atoms with Crippen LogP contribution in [0.5, 0.6) is 0 Å². The van der Waals surface area contributed by atoms with Crippen LogP contribution in [0, 0.1) is 11.8 Å². The molecule has 0 unspecified atom stereocenters. The van der Waals surface area contributed by atoms with Crippen LogP contribution in [0.3, 0.4) is 0 Å². The van der Waals surface area contributed by atoms with E-state index in [9.17, 15) is 0 Å². The van der Waals surface area contributed by atoms with Gasteiger partial charge in [-0.3, -0.25) is 0 Å². The molecule has 2 nitrogen and oxygen atoms in total. The van der Waals surface area contributed by atoms with E-state index in [1.165, 1.54) is 32.1 Å². The molecule has 82 valence electrons. The summed E-state index contributed by atoms with van der Waals surface area (Å²) in [5.74, 6) is 1.71. The molecule has 0 spiro atoms. The van der Waals surface area contributed by atoms with Crippen molar-refractivity contribution in [2.24, 2.45) is 11.8 Å². The molecule has 1 aliphatic carbocycles. The summed E-state index contributed by atoms with van der Waals surface area (Å²) < 4.78 is 11.1. The lowest BCUT2D eigenvalue weighted by Gasteiger charge is -2.26. The Morgan fingerprint density at radius 3 is 2.64 bits per heavy atom. The molecule has 0 N–H and O–H groups in total. The van der Waals surface area contributed by atoms with Crippen molar-refractivity contribution in [3.05, 3.63) is 0 Å². The Morgan fingerprint density at radius 2 is 1.93 bits per heavy atom. The van der Waals surface area contributed by atoms with Gasteiger partial charge in [0.05, 0.1) is 6.61 Å². The van der Waals surface area contributed by atoms with Gasteiger partial charge in [-0.1, -0.05) is 32.1 Å². The van der Waals surface area contributed by atoms with Crippen molar-refractivity contribution in [3.63, 3.8) is 0 Å². The van der Waals surface area contributed by atoms with Crippen LogP contribution in [0.15, 0.2) is 0 Å². The van der Waals surface area contributed by atoms with E-state index in [4.69, 9.17) is 9.47 Å². The van der Waals surface area contributed by atoms with Gasteiger partial charge in [-0.15, -0.1) is 0 Å². The zero-order chi connectivity index (χ0) is 9.80. The predicted molar refractivity (Wildman–Crippen MR) is 56.0 cm³/mol. The summed E-state index contributed by atoms with van der Waals surface area (Å²) in [4.78, 5) is 0. The van der Waals surface area contributed by atoms with E-state index in [-0.39, 0.29) is 6.29 Å². The average Bonchev–Trinajstić information content (AvgIpc) is 2.68. The van der Waals surface area contributed by atoms with Crippen LogP contribution in [0.1, 0.15) is 45.4 Å². The second-order valence-electron chi connectivity index (χ2n) is 4.61. The largest absolute Gasteiger partial charge is 0.353 e. The second-order valence-corrected chi connectivity index (χ2v) is 4.61. The van der Waals surface area contributed by atoms with Crippen LogP contribution in [0.4, 0.5) is 0 Å². The molecule has 1 saturated heterocycles. The lowest BCUT2D eigenvalue weighted by atomic mass is 9.79. The number of hydrogen-bond acceptors (Lipinski definition) is 2. The molecular weight excluding hydrogens is 176 g/mol. The molecule has 2 rings (SSSR count). The fourth-order valence-electron chi connectivity index (χ4n) is 2.85. The minimum absolute atomic E-state index is 0.104. The predicted octanol–water partition coefficient (Wildman–Crippen LogP) is 2.97. The summed E-state index contributed by atoms with van der Waals surface area (Å²) in [6.45, 7) is 3.76. The Labute approximate surface area is 87.0 Å². The maximum atomic E-state index is 5.64. The van der Waals surface area contributed by atoms with Crippen LogP contribution in [-0.4, -0.2) is 19.5 Å². The fourth-order valence-corrected chi connectivity index (χ4v) is 2.85. The zero-order valence-corrected chi connectivity index (χ0v) is 9.21. The number of ether oxygens (including phenoxy) is 2. The van der Waals surface area contributed by atoms with E-state index in [0.29, 0.717) is 0 Å². The fraction of sp³-hybridized carbons (Fsp3) is 1.00. The zero-order valence-electron chi connectivity index (χ0n) is 9.21. The molecule has 0 aromatic heterocycles. The smallest absolute Gasteiger partial charge is 0.157 e. The van der Waals surface area contributed by atoms with Crippen molar-refractivity contribution in [3.8, 4) is 0 Å². The van der Waals surface area contributed by atoms with Crippen molar-refractivity contribution in [2.45, 2.75) is 51.7 Å². The van der Waals surface area contributed by atoms with Gasteiger partial charge in [0.25, 0.3) is 0 Å². The van der Waals surface area contributed by atoms with Crippen molar-refractivity contribution < 1.29 is 9.47 Å². The van der Waals surface area contributed by atoms with Crippen molar-refractivity contribution in [1.29, 1.82) is 0 Å². The molecule has 0 radical (unpaired) electrons. The molecule has 0 bridgehead atoms. The standard InChI is InChI=1S/C12H22O2/c1-2-13-12-8-11(9-14-12)10-6-4-3-5-7-10/h10-12H,2-9H2,1H3/t11-,12-/m1/s1. The summed E-state index contributed by atoms with van der Waals surface area (Å²) in [5.41, 5.74) is 0. The molecule has 2 atom stereocenters. The van der Waals surface area contributed by atoms with E-state index in [2.05, 4.69) is 0 Å². The summed E-state index contributed by atoms with van der Waals surface area (Å²) in [7, 11) is 0. The van der Waals surface area contributed by atoms with Gasteiger partial charge >= 0.3 is 0 Å². The summed E-state index contributed by atoms with van der Waals surface area (Å²) in [6, 6.07) is 0. The molecule has 1 saturated carbocycles. The first-order chi connectivity index (χ1) is 6.90. The molecule has 2 heteroatoms. The normalized spacial score (nSPS) is 34.9. The Bertz CT molecular complexity index is 164. The van der Waals surface area contributed by atoms with Gasteiger partial charge in [0.1, 0.15) is 0 Å². The molecule has 2 aliphatic rings. The summed E-state index contributed by atoms with van der Waals surface area (Å²) in [5, 5.41) is 0. The molecular formula is C12H22O2. The first-order valence-electron chi connectivity index (χ1n) is 6.13. The average molecular weight is 198 g/mol. The van der Waals surface area contributed by atoms with Gasteiger partial charge in [-0.2, -0.15) is 0 Å². The van der Waals surface area contributed by atoms with Gasteiger partial charge in [-0.05, 0) is 18.8 Å². The van der Waals surface area contributed by atoms with Gasteiger partial charge in [0.2, 0.25) is 0 Å². The summed E-state index contributed by atoms with van der Waals surface area (Å²) >= 11 is 0. The highest BCUT2D eigenvalue weighted by Crippen LogP contribution is 2.36. The van der Waals surface area contributed by atoms with E-state index >= 15 is 0 Å². The van der Waals surface area contributed by atoms with Crippen molar-refractivity contribution >= 4 is 0 Å². The van der Waals surface area contributed by atoms with Crippen LogP contribution >= 0.6 is 0 Å². The maximum absolute atomic E-state index is 5.64. The van der Waals surface area contributed by atoms with Crippen LogP contribution in [0.25, 0.3) is 0 Å². The van der Waals surface area contributed by atoms with E-state index in [0.717, 1.165) is 31.5 Å². The maximum Gasteiger partial charge on any atom is 0.157 e. The first kappa shape index (κ1) is 10.4. The molecule has 1 heterocycles.